The van der Waals surface area contributed by atoms with E-state index < -0.39 is 0 Å². The van der Waals surface area contributed by atoms with Crippen molar-refractivity contribution in [2.45, 2.75) is 5.41 Å². The molecule has 8 rings (SSSR count). The normalized spacial score (nSPS) is 13.9. The first-order valence-electron chi connectivity index (χ1n) is 12.4. The maximum Gasteiger partial charge on any atom is 0.0725 e. The highest BCUT2D eigenvalue weighted by atomic mass is 79.9. The monoisotopic (exact) mass is 520 g/mol. The highest BCUT2D eigenvalue weighted by Crippen LogP contribution is 2.63. The summed E-state index contributed by atoms with van der Waals surface area (Å²) < 4.78 is 1.10. The molecule has 0 radical (unpaired) electrons. The molecule has 0 aliphatic heterocycles. The molecule has 0 bridgehead atoms. The molecule has 36 heavy (non-hydrogen) atoms. The Hall–Kier alpha value is -3.94. The van der Waals surface area contributed by atoms with Gasteiger partial charge in [0.25, 0.3) is 0 Å². The lowest BCUT2D eigenvalue weighted by Gasteiger charge is -2.30. The van der Waals surface area contributed by atoms with Crippen molar-refractivity contribution in [3.05, 3.63) is 154 Å². The minimum absolute atomic E-state index is 0.280. The number of rotatable bonds is 1. The summed E-state index contributed by atoms with van der Waals surface area (Å²) in [6, 6.07) is 47.3. The standard InChI is InChI=1S/C35H21Br/c36-26-17-15-22(16-18-26)23-13-14-24-21-34-30(20-25(24)19-23)29-9-3-6-12-33(29)35(34)31-10-4-1-7-27(31)28-8-2-5-11-32(28)35/h1-21H. The lowest BCUT2D eigenvalue weighted by atomic mass is 9.70. The lowest BCUT2D eigenvalue weighted by Crippen LogP contribution is -2.25. The average molecular weight is 521 g/mol. The molecule has 0 saturated heterocycles. The van der Waals surface area contributed by atoms with Gasteiger partial charge < -0.3 is 0 Å². The van der Waals surface area contributed by atoms with Gasteiger partial charge in [0.2, 0.25) is 0 Å². The van der Waals surface area contributed by atoms with Crippen LogP contribution in [-0.4, -0.2) is 0 Å². The Kier molecular flexibility index (Phi) is 4.10. The van der Waals surface area contributed by atoms with E-state index in [9.17, 15) is 0 Å². The van der Waals surface area contributed by atoms with Crippen LogP contribution in [0.2, 0.25) is 0 Å². The minimum atomic E-state index is -0.280. The maximum atomic E-state index is 3.56. The summed E-state index contributed by atoms with van der Waals surface area (Å²) in [7, 11) is 0. The van der Waals surface area contributed by atoms with E-state index in [0.29, 0.717) is 0 Å². The molecule has 168 valence electrons. The summed E-state index contributed by atoms with van der Waals surface area (Å²) in [6.45, 7) is 0. The smallest absolute Gasteiger partial charge is 0.0619 e. The number of hydrogen-bond donors (Lipinski definition) is 0. The molecule has 0 amide bonds. The van der Waals surface area contributed by atoms with E-state index in [-0.39, 0.29) is 5.41 Å². The van der Waals surface area contributed by atoms with E-state index in [1.165, 1.54) is 66.4 Å². The van der Waals surface area contributed by atoms with Crippen LogP contribution < -0.4 is 0 Å². The molecular formula is C35H21Br. The van der Waals surface area contributed by atoms with Gasteiger partial charge in [-0.15, -0.1) is 0 Å². The first-order chi connectivity index (χ1) is 17.7. The van der Waals surface area contributed by atoms with Gasteiger partial charge >= 0.3 is 0 Å². The average Bonchev–Trinajstić information content (AvgIpc) is 3.39. The molecule has 0 aromatic heterocycles. The van der Waals surface area contributed by atoms with Crippen LogP contribution in [0.25, 0.3) is 44.2 Å². The van der Waals surface area contributed by atoms with E-state index in [4.69, 9.17) is 0 Å². The van der Waals surface area contributed by atoms with E-state index >= 15 is 0 Å². The third-order valence-corrected chi connectivity index (χ3v) is 8.66. The molecule has 6 aromatic carbocycles. The second kappa shape index (κ2) is 7.29. The minimum Gasteiger partial charge on any atom is -0.0619 e. The molecule has 0 atom stereocenters. The zero-order chi connectivity index (χ0) is 23.9. The zero-order valence-corrected chi connectivity index (χ0v) is 21.1. The van der Waals surface area contributed by atoms with Crippen molar-refractivity contribution >= 4 is 26.7 Å². The Morgan fingerprint density at radius 3 is 1.53 bits per heavy atom. The van der Waals surface area contributed by atoms with E-state index in [2.05, 4.69) is 143 Å². The summed E-state index contributed by atoms with van der Waals surface area (Å²) >= 11 is 3.56. The maximum absolute atomic E-state index is 3.56. The Morgan fingerprint density at radius 1 is 0.389 bits per heavy atom. The van der Waals surface area contributed by atoms with Gasteiger partial charge in [-0.2, -0.15) is 0 Å². The summed E-state index contributed by atoms with van der Waals surface area (Å²) in [5, 5.41) is 2.56. The number of fused-ring (bicyclic) bond motifs is 11. The molecule has 0 N–H and O–H groups in total. The Bertz CT molecular complexity index is 1800. The Labute approximate surface area is 219 Å². The largest absolute Gasteiger partial charge is 0.0725 e. The van der Waals surface area contributed by atoms with Crippen LogP contribution in [0.1, 0.15) is 22.3 Å². The van der Waals surface area contributed by atoms with Gasteiger partial charge in [0.1, 0.15) is 0 Å². The quantitative estimate of drug-likeness (QED) is 0.202. The molecular weight excluding hydrogens is 500 g/mol. The highest BCUT2D eigenvalue weighted by Gasteiger charge is 2.51. The van der Waals surface area contributed by atoms with Crippen molar-refractivity contribution in [2.24, 2.45) is 0 Å². The summed E-state index contributed by atoms with van der Waals surface area (Å²) in [6.07, 6.45) is 0. The molecule has 2 aliphatic carbocycles. The van der Waals surface area contributed by atoms with Gasteiger partial charge in [0, 0.05) is 4.47 Å². The van der Waals surface area contributed by atoms with Crippen molar-refractivity contribution < 1.29 is 0 Å². The van der Waals surface area contributed by atoms with Crippen LogP contribution in [-0.2, 0) is 5.41 Å². The molecule has 1 heteroatoms. The van der Waals surface area contributed by atoms with Gasteiger partial charge in [-0.25, -0.2) is 0 Å². The van der Waals surface area contributed by atoms with Gasteiger partial charge in [-0.3, -0.25) is 0 Å². The molecule has 0 saturated carbocycles. The van der Waals surface area contributed by atoms with Crippen molar-refractivity contribution in [1.29, 1.82) is 0 Å². The summed E-state index contributed by atoms with van der Waals surface area (Å²) in [5.41, 5.74) is 13.1. The van der Waals surface area contributed by atoms with Crippen molar-refractivity contribution in [3.8, 4) is 33.4 Å². The van der Waals surface area contributed by atoms with Crippen LogP contribution in [0.5, 0.6) is 0 Å². The van der Waals surface area contributed by atoms with Crippen LogP contribution in [0.4, 0.5) is 0 Å². The second-order valence-electron chi connectivity index (χ2n) is 9.85. The van der Waals surface area contributed by atoms with Crippen LogP contribution in [0.3, 0.4) is 0 Å². The molecule has 0 heterocycles. The predicted molar refractivity (Wildman–Crippen MR) is 153 cm³/mol. The fraction of sp³-hybridized carbons (Fsp3) is 0.0286. The van der Waals surface area contributed by atoms with E-state index in [1.54, 1.807) is 0 Å². The Morgan fingerprint density at radius 2 is 0.917 bits per heavy atom. The van der Waals surface area contributed by atoms with E-state index in [0.717, 1.165) is 4.47 Å². The van der Waals surface area contributed by atoms with Crippen LogP contribution in [0.15, 0.2) is 132 Å². The topological polar surface area (TPSA) is 0 Å². The molecule has 0 fully saturated rings. The van der Waals surface area contributed by atoms with Gasteiger partial charge in [-0.1, -0.05) is 113 Å². The predicted octanol–water partition coefficient (Wildman–Crippen LogP) is 9.61. The van der Waals surface area contributed by atoms with Crippen molar-refractivity contribution in [1.82, 2.24) is 0 Å². The molecule has 6 aromatic rings. The third-order valence-electron chi connectivity index (χ3n) is 8.13. The van der Waals surface area contributed by atoms with Crippen LogP contribution in [0, 0.1) is 0 Å². The summed E-state index contributed by atoms with van der Waals surface area (Å²) in [5.74, 6) is 0. The van der Waals surface area contributed by atoms with Gasteiger partial charge in [0.15, 0.2) is 0 Å². The van der Waals surface area contributed by atoms with Crippen molar-refractivity contribution in [3.63, 3.8) is 0 Å². The fourth-order valence-corrected chi connectivity index (χ4v) is 6.92. The summed E-state index contributed by atoms with van der Waals surface area (Å²) in [4.78, 5) is 0. The van der Waals surface area contributed by atoms with Crippen LogP contribution >= 0.6 is 15.9 Å². The number of benzene rings is 6. The SMILES string of the molecule is Brc1ccc(-c2ccc3cc4c(cc3c2)-c2ccccc2C42c3ccccc3-c3ccccc32)cc1. The number of hydrogen-bond acceptors (Lipinski definition) is 0. The molecule has 0 unspecified atom stereocenters. The molecule has 0 nitrogen and oxygen atoms in total. The number of halogens is 1. The highest BCUT2D eigenvalue weighted by molar-refractivity contribution is 9.10. The molecule has 1 spiro atoms. The fourth-order valence-electron chi connectivity index (χ4n) is 6.66. The lowest BCUT2D eigenvalue weighted by molar-refractivity contribution is 0.795. The zero-order valence-electron chi connectivity index (χ0n) is 19.5. The van der Waals surface area contributed by atoms with Gasteiger partial charge in [-0.05, 0) is 96.7 Å². The second-order valence-corrected chi connectivity index (χ2v) is 10.8. The van der Waals surface area contributed by atoms with Gasteiger partial charge in [0.05, 0.1) is 5.41 Å². The first-order valence-corrected chi connectivity index (χ1v) is 13.2. The van der Waals surface area contributed by atoms with E-state index in [1.807, 2.05) is 0 Å². The third kappa shape index (κ3) is 2.54. The van der Waals surface area contributed by atoms with Crippen molar-refractivity contribution in [2.75, 3.05) is 0 Å². The Balaban J connectivity index is 1.45. The first kappa shape index (κ1) is 20.3. The molecule has 2 aliphatic rings.